The lowest BCUT2D eigenvalue weighted by molar-refractivity contribution is 0.243. The minimum atomic E-state index is -0.320. The van der Waals surface area contributed by atoms with Crippen LogP contribution in [-0.4, -0.2) is 11.7 Å². The van der Waals surface area contributed by atoms with Crippen LogP contribution in [0.4, 0.5) is 4.79 Å². The molecule has 0 bridgehead atoms. The summed E-state index contributed by atoms with van der Waals surface area (Å²) < 4.78 is 0. The topological polar surface area (TPSA) is 53.5 Å². The van der Waals surface area contributed by atoms with Crippen LogP contribution < -0.4 is 10.7 Å². The lowest BCUT2D eigenvalue weighted by Gasteiger charge is -2.18. The van der Waals surface area contributed by atoms with Crippen molar-refractivity contribution in [1.29, 1.82) is 0 Å². The lowest BCUT2D eigenvalue weighted by atomic mass is 10.1. The fraction of sp³-hybridized carbons (Fsp3) is 0.429. The maximum absolute atomic E-state index is 10.7. The van der Waals surface area contributed by atoms with Crippen molar-refractivity contribution in [3.63, 3.8) is 0 Å². The van der Waals surface area contributed by atoms with Gasteiger partial charge in [0.1, 0.15) is 0 Å². The predicted octanol–water partition coefficient (Wildman–Crippen LogP) is 0.825. The van der Waals surface area contributed by atoms with Gasteiger partial charge in [0, 0.05) is 0 Å². The van der Waals surface area contributed by atoms with Crippen LogP contribution in [0.15, 0.2) is 17.4 Å². The first-order chi connectivity index (χ1) is 5.11. The highest BCUT2D eigenvalue weighted by Crippen LogP contribution is 2.05. The van der Waals surface area contributed by atoms with Crippen molar-refractivity contribution in [3.05, 3.63) is 12.3 Å². The van der Waals surface area contributed by atoms with E-state index in [0.717, 1.165) is 5.71 Å². The number of nitrogens with one attached hydrogen (secondary N) is 2. The second kappa shape index (κ2) is 2.74. The number of hydrazone groups is 1. The molecule has 0 aromatic carbocycles. The van der Waals surface area contributed by atoms with Gasteiger partial charge in [-0.1, -0.05) is 20.4 Å². The molecule has 60 valence electrons. The molecule has 4 nitrogen and oxygen atoms in total. The summed E-state index contributed by atoms with van der Waals surface area (Å²) in [5, 5.41) is 6.38. The maximum Gasteiger partial charge on any atom is 0.339 e. The molecule has 1 aliphatic rings. The van der Waals surface area contributed by atoms with Gasteiger partial charge < -0.3 is 5.32 Å². The molecule has 1 heterocycles. The van der Waals surface area contributed by atoms with Crippen LogP contribution in [0.25, 0.3) is 0 Å². The van der Waals surface area contributed by atoms with E-state index in [9.17, 15) is 4.79 Å². The van der Waals surface area contributed by atoms with Crippen LogP contribution in [0.5, 0.6) is 0 Å². The summed E-state index contributed by atoms with van der Waals surface area (Å²) in [6, 6.07) is -0.320. The summed E-state index contributed by atoms with van der Waals surface area (Å²) in [6.07, 6.45) is 0. The minimum absolute atomic E-state index is 0.274. The highest BCUT2D eigenvalue weighted by Gasteiger charge is 2.16. The molecule has 0 aliphatic carbocycles. The Morgan fingerprint density at radius 1 is 1.55 bits per heavy atom. The van der Waals surface area contributed by atoms with E-state index in [1.54, 1.807) is 0 Å². The molecule has 0 radical (unpaired) electrons. The monoisotopic (exact) mass is 153 g/mol. The van der Waals surface area contributed by atoms with Gasteiger partial charge in [-0.05, 0) is 5.92 Å². The van der Waals surface area contributed by atoms with Gasteiger partial charge in [-0.3, -0.25) is 0 Å². The first kappa shape index (κ1) is 7.78. The van der Waals surface area contributed by atoms with E-state index in [0.29, 0.717) is 5.70 Å². The summed E-state index contributed by atoms with van der Waals surface area (Å²) in [4.78, 5) is 10.7. The number of rotatable bonds is 1. The average Bonchev–Trinajstić information content (AvgIpc) is 1.85. The smallest absolute Gasteiger partial charge is 0.305 e. The number of urea groups is 1. The molecular formula is C7H11N3O. The Kier molecular flexibility index (Phi) is 1.94. The highest BCUT2D eigenvalue weighted by molar-refractivity contribution is 6.05. The average molecular weight is 153 g/mol. The molecule has 0 atom stereocenters. The number of allylic oxidation sites excluding steroid dienone is 1. The number of hydrogen-bond acceptors (Lipinski definition) is 2. The number of amides is 2. The molecule has 4 heteroatoms. The molecule has 0 unspecified atom stereocenters. The molecule has 0 fully saturated rings. The van der Waals surface area contributed by atoms with Crippen molar-refractivity contribution >= 4 is 11.7 Å². The molecule has 2 N–H and O–H groups in total. The highest BCUT2D eigenvalue weighted by atomic mass is 16.2. The van der Waals surface area contributed by atoms with Crippen molar-refractivity contribution in [2.45, 2.75) is 13.8 Å². The Morgan fingerprint density at radius 3 is 2.64 bits per heavy atom. The van der Waals surface area contributed by atoms with E-state index < -0.39 is 0 Å². The van der Waals surface area contributed by atoms with E-state index in [2.05, 4.69) is 22.4 Å². The fourth-order valence-corrected chi connectivity index (χ4v) is 0.885. The van der Waals surface area contributed by atoms with Crippen molar-refractivity contribution in [2.24, 2.45) is 11.0 Å². The molecule has 0 saturated heterocycles. The van der Waals surface area contributed by atoms with Gasteiger partial charge in [-0.2, -0.15) is 5.10 Å². The van der Waals surface area contributed by atoms with Crippen LogP contribution in [0, 0.1) is 5.92 Å². The SMILES string of the molecule is C=C1NC(=O)NN=C1C(C)C. The standard InChI is InChI=1S/C7H11N3O/c1-4(2)6-5(3)8-7(11)10-9-6/h4H,3H2,1-2H3,(H2,8,10,11). The Morgan fingerprint density at radius 2 is 2.18 bits per heavy atom. The maximum atomic E-state index is 10.7. The van der Waals surface area contributed by atoms with Gasteiger partial charge in [0.2, 0.25) is 0 Å². The van der Waals surface area contributed by atoms with Gasteiger partial charge in [0.25, 0.3) is 0 Å². The van der Waals surface area contributed by atoms with Crippen molar-refractivity contribution in [1.82, 2.24) is 10.7 Å². The summed E-state index contributed by atoms with van der Waals surface area (Å²) in [6.45, 7) is 7.64. The number of carbonyl (C=O) groups is 1. The van der Waals surface area contributed by atoms with Crippen LogP contribution in [0.2, 0.25) is 0 Å². The van der Waals surface area contributed by atoms with Gasteiger partial charge in [0.15, 0.2) is 0 Å². The second-order valence-corrected chi connectivity index (χ2v) is 2.70. The van der Waals surface area contributed by atoms with E-state index in [1.165, 1.54) is 0 Å². The Bertz CT molecular complexity index is 230. The molecule has 11 heavy (non-hydrogen) atoms. The molecular weight excluding hydrogens is 142 g/mol. The lowest BCUT2D eigenvalue weighted by Crippen LogP contribution is -2.41. The number of nitrogens with zero attached hydrogens (tertiary/aromatic N) is 1. The molecule has 2 amide bonds. The summed E-state index contributed by atoms with van der Waals surface area (Å²) in [5.41, 5.74) is 3.70. The largest absolute Gasteiger partial charge is 0.339 e. The number of carbonyl (C=O) groups excluding carboxylic acids is 1. The zero-order chi connectivity index (χ0) is 8.43. The van der Waals surface area contributed by atoms with Gasteiger partial charge in [-0.25, -0.2) is 10.2 Å². The molecule has 0 spiro atoms. The van der Waals surface area contributed by atoms with Crippen LogP contribution in [-0.2, 0) is 0 Å². The molecule has 1 rings (SSSR count). The predicted molar refractivity (Wildman–Crippen MR) is 43.1 cm³/mol. The Hall–Kier alpha value is -1.32. The van der Waals surface area contributed by atoms with E-state index >= 15 is 0 Å². The molecule has 0 aromatic heterocycles. The van der Waals surface area contributed by atoms with E-state index in [4.69, 9.17) is 0 Å². The van der Waals surface area contributed by atoms with Gasteiger partial charge >= 0.3 is 6.03 Å². The van der Waals surface area contributed by atoms with E-state index in [1.807, 2.05) is 13.8 Å². The molecule has 0 saturated carbocycles. The Labute approximate surface area is 65.4 Å². The first-order valence-corrected chi connectivity index (χ1v) is 3.45. The quantitative estimate of drug-likeness (QED) is 0.575. The van der Waals surface area contributed by atoms with Crippen LogP contribution in [0.3, 0.4) is 0 Å². The summed E-state index contributed by atoms with van der Waals surface area (Å²) >= 11 is 0. The first-order valence-electron chi connectivity index (χ1n) is 3.45. The number of hydrogen-bond donors (Lipinski definition) is 2. The second-order valence-electron chi connectivity index (χ2n) is 2.70. The van der Waals surface area contributed by atoms with Gasteiger partial charge in [0.05, 0.1) is 11.4 Å². The van der Waals surface area contributed by atoms with Crippen molar-refractivity contribution < 1.29 is 4.79 Å². The third-order valence-electron chi connectivity index (χ3n) is 1.40. The molecule has 1 aliphatic heterocycles. The zero-order valence-electron chi connectivity index (χ0n) is 6.64. The normalized spacial score (nSPS) is 17.5. The van der Waals surface area contributed by atoms with E-state index in [-0.39, 0.29) is 11.9 Å². The summed E-state index contributed by atoms with van der Waals surface area (Å²) in [5.74, 6) is 0.274. The zero-order valence-corrected chi connectivity index (χ0v) is 6.64. The fourth-order valence-electron chi connectivity index (χ4n) is 0.885. The third kappa shape index (κ3) is 1.58. The van der Waals surface area contributed by atoms with Crippen LogP contribution >= 0.6 is 0 Å². The molecule has 0 aromatic rings. The third-order valence-corrected chi connectivity index (χ3v) is 1.40. The van der Waals surface area contributed by atoms with Crippen molar-refractivity contribution in [3.8, 4) is 0 Å². The van der Waals surface area contributed by atoms with Crippen molar-refractivity contribution in [2.75, 3.05) is 0 Å². The Balaban J connectivity index is 2.81. The summed E-state index contributed by atoms with van der Waals surface area (Å²) in [7, 11) is 0. The van der Waals surface area contributed by atoms with Gasteiger partial charge in [-0.15, -0.1) is 0 Å². The minimum Gasteiger partial charge on any atom is -0.305 e. The van der Waals surface area contributed by atoms with Crippen LogP contribution in [0.1, 0.15) is 13.8 Å².